The standard InChI is InChI=1S/C13H20S/c1-4-5-6-12-8-10(2)7-11(3)13(12)9-14/h5-7,9,11-13H,4,8H2,1-3H3/b6-5+. The van der Waals surface area contributed by atoms with Gasteiger partial charge in [0.15, 0.2) is 0 Å². The van der Waals surface area contributed by atoms with Crippen LogP contribution in [0.2, 0.25) is 0 Å². The van der Waals surface area contributed by atoms with E-state index in [2.05, 4.69) is 39.0 Å². The molecule has 0 aromatic carbocycles. The molecule has 0 fully saturated rings. The molecule has 0 saturated heterocycles. The summed E-state index contributed by atoms with van der Waals surface area (Å²) in [6.45, 7) is 6.67. The van der Waals surface area contributed by atoms with Gasteiger partial charge in [-0.2, -0.15) is 0 Å². The van der Waals surface area contributed by atoms with E-state index in [1.807, 2.05) is 5.37 Å². The Balaban J connectivity index is 2.78. The molecular weight excluding hydrogens is 188 g/mol. The monoisotopic (exact) mass is 208 g/mol. The van der Waals surface area contributed by atoms with Gasteiger partial charge in [0.1, 0.15) is 0 Å². The van der Waals surface area contributed by atoms with Crippen molar-refractivity contribution in [1.29, 1.82) is 0 Å². The van der Waals surface area contributed by atoms with Crippen LogP contribution >= 0.6 is 12.2 Å². The zero-order valence-corrected chi connectivity index (χ0v) is 10.2. The minimum atomic E-state index is 0.552. The van der Waals surface area contributed by atoms with Crippen LogP contribution in [-0.2, 0) is 0 Å². The Kier molecular flexibility index (Phi) is 4.53. The van der Waals surface area contributed by atoms with Crippen molar-refractivity contribution in [2.45, 2.75) is 33.6 Å². The van der Waals surface area contributed by atoms with E-state index >= 15 is 0 Å². The van der Waals surface area contributed by atoms with Crippen molar-refractivity contribution >= 4 is 17.6 Å². The first-order valence-corrected chi connectivity index (χ1v) is 5.95. The molecule has 3 atom stereocenters. The van der Waals surface area contributed by atoms with Gasteiger partial charge in [0.25, 0.3) is 0 Å². The average Bonchev–Trinajstić information content (AvgIpc) is 2.14. The van der Waals surface area contributed by atoms with E-state index < -0.39 is 0 Å². The minimum absolute atomic E-state index is 0.552. The molecule has 0 heterocycles. The van der Waals surface area contributed by atoms with Crippen molar-refractivity contribution in [3.05, 3.63) is 23.8 Å². The average molecular weight is 208 g/mol. The molecule has 1 aliphatic carbocycles. The zero-order chi connectivity index (χ0) is 10.6. The zero-order valence-electron chi connectivity index (χ0n) is 9.36. The van der Waals surface area contributed by atoms with Gasteiger partial charge in [0.2, 0.25) is 0 Å². The molecule has 3 unspecified atom stereocenters. The van der Waals surface area contributed by atoms with Gasteiger partial charge in [-0.3, -0.25) is 0 Å². The van der Waals surface area contributed by atoms with Gasteiger partial charge >= 0.3 is 0 Å². The van der Waals surface area contributed by atoms with Crippen molar-refractivity contribution in [2.75, 3.05) is 0 Å². The molecule has 0 aliphatic heterocycles. The van der Waals surface area contributed by atoms with Crippen LogP contribution in [-0.4, -0.2) is 5.37 Å². The summed E-state index contributed by atoms with van der Waals surface area (Å²) in [5, 5.41) is 1.96. The van der Waals surface area contributed by atoms with Crippen molar-refractivity contribution in [3.63, 3.8) is 0 Å². The molecule has 0 radical (unpaired) electrons. The van der Waals surface area contributed by atoms with Crippen LogP contribution in [0.15, 0.2) is 23.8 Å². The lowest BCUT2D eigenvalue weighted by Gasteiger charge is -2.30. The lowest BCUT2D eigenvalue weighted by Crippen LogP contribution is -2.24. The van der Waals surface area contributed by atoms with E-state index in [-0.39, 0.29) is 0 Å². The number of allylic oxidation sites excluding steroid dienone is 4. The third kappa shape index (κ3) is 2.78. The van der Waals surface area contributed by atoms with Gasteiger partial charge in [-0.15, -0.1) is 0 Å². The van der Waals surface area contributed by atoms with Crippen LogP contribution in [0.25, 0.3) is 0 Å². The van der Waals surface area contributed by atoms with Crippen LogP contribution < -0.4 is 0 Å². The molecule has 0 spiro atoms. The highest BCUT2D eigenvalue weighted by molar-refractivity contribution is 7.79. The van der Waals surface area contributed by atoms with Crippen LogP contribution in [0.5, 0.6) is 0 Å². The Morgan fingerprint density at radius 2 is 2.29 bits per heavy atom. The predicted molar refractivity (Wildman–Crippen MR) is 67.6 cm³/mol. The second-order valence-corrected chi connectivity index (χ2v) is 4.56. The van der Waals surface area contributed by atoms with Gasteiger partial charge in [0, 0.05) is 0 Å². The normalized spacial score (nSPS) is 33.1. The SMILES string of the molecule is CC/C=C/C1CC(C)=CC(C)C1C=S. The van der Waals surface area contributed by atoms with Crippen molar-refractivity contribution in [3.8, 4) is 0 Å². The van der Waals surface area contributed by atoms with Crippen LogP contribution in [0.4, 0.5) is 0 Å². The number of thiocarbonyl (C=S) groups is 1. The van der Waals surface area contributed by atoms with E-state index in [0.717, 1.165) is 6.42 Å². The number of hydrogen-bond donors (Lipinski definition) is 0. The predicted octanol–water partition coefficient (Wildman–Crippen LogP) is 4.17. The summed E-state index contributed by atoms with van der Waals surface area (Å²) in [5.74, 6) is 1.79. The largest absolute Gasteiger partial charge is 0.0931 e. The Labute approximate surface area is 93.1 Å². The summed E-state index contributed by atoms with van der Waals surface area (Å²) >= 11 is 5.13. The molecule has 0 amide bonds. The first-order valence-electron chi connectivity index (χ1n) is 5.48. The molecule has 0 N–H and O–H groups in total. The Morgan fingerprint density at radius 3 is 2.86 bits per heavy atom. The molecule has 78 valence electrons. The summed E-state index contributed by atoms with van der Waals surface area (Å²) in [6.07, 6.45) is 9.28. The van der Waals surface area contributed by atoms with Crippen LogP contribution in [0.1, 0.15) is 33.6 Å². The fourth-order valence-corrected chi connectivity index (χ4v) is 2.71. The molecule has 0 saturated carbocycles. The highest BCUT2D eigenvalue weighted by Crippen LogP contribution is 2.33. The number of hydrogen-bond acceptors (Lipinski definition) is 1. The summed E-state index contributed by atoms with van der Waals surface area (Å²) < 4.78 is 0. The first kappa shape index (κ1) is 11.6. The van der Waals surface area contributed by atoms with Gasteiger partial charge in [-0.25, -0.2) is 0 Å². The minimum Gasteiger partial charge on any atom is -0.0931 e. The third-order valence-corrected chi connectivity index (χ3v) is 3.30. The Hall–Kier alpha value is -0.430. The van der Waals surface area contributed by atoms with E-state index in [0.29, 0.717) is 17.8 Å². The molecular formula is C13H20S. The lowest BCUT2D eigenvalue weighted by atomic mass is 9.75. The molecule has 1 rings (SSSR count). The van der Waals surface area contributed by atoms with E-state index in [4.69, 9.17) is 12.2 Å². The lowest BCUT2D eigenvalue weighted by molar-refractivity contribution is 0.399. The van der Waals surface area contributed by atoms with Gasteiger partial charge < -0.3 is 0 Å². The Bertz CT molecular complexity index is 250. The molecule has 0 nitrogen and oxygen atoms in total. The smallest absolute Gasteiger partial charge is 0.000215 e. The molecule has 0 bridgehead atoms. The molecule has 0 aromatic rings. The third-order valence-electron chi connectivity index (χ3n) is 2.98. The quantitative estimate of drug-likeness (QED) is 0.495. The fraction of sp³-hybridized carbons (Fsp3) is 0.615. The van der Waals surface area contributed by atoms with Gasteiger partial charge in [0.05, 0.1) is 0 Å². The number of rotatable bonds is 3. The topological polar surface area (TPSA) is 0 Å². The summed E-state index contributed by atoms with van der Waals surface area (Å²) in [7, 11) is 0. The molecule has 1 aliphatic rings. The molecule has 0 aromatic heterocycles. The Morgan fingerprint density at radius 1 is 1.57 bits per heavy atom. The maximum atomic E-state index is 5.13. The van der Waals surface area contributed by atoms with E-state index in [1.54, 1.807) is 0 Å². The summed E-state index contributed by atoms with van der Waals surface area (Å²) in [6, 6.07) is 0. The fourth-order valence-electron chi connectivity index (χ4n) is 2.26. The summed E-state index contributed by atoms with van der Waals surface area (Å²) in [5.41, 5.74) is 1.51. The maximum absolute atomic E-state index is 5.13. The highest BCUT2D eigenvalue weighted by atomic mass is 32.1. The van der Waals surface area contributed by atoms with Crippen LogP contribution in [0.3, 0.4) is 0 Å². The molecule has 14 heavy (non-hydrogen) atoms. The second kappa shape index (κ2) is 5.45. The van der Waals surface area contributed by atoms with Gasteiger partial charge in [-0.05, 0) is 42.9 Å². The molecule has 1 heteroatoms. The van der Waals surface area contributed by atoms with Crippen molar-refractivity contribution in [2.24, 2.45) is 17.8 Å². The van der Waals surface area contributed by atoms with E-state index in [1.165, 1.54) is 12.0 Å². The summed E-state index contributed by atoms with van der Waals surface area (Å²) in [4.78, 5) is 0. The second-order valence-electron chi connectivity index (χ2n) is 4.29. The van der Waals surface area contributed by atoms with Gasteiger partial charge in [-0.1, -0.05) is 49.9 Å². The van der Waals surface area contributed by atoms with Crippen molar-refractivity contribution in [1.82, 2.24) is 0 Å². The maximum Gasteiger partial charge on any atom is -0.000215 e. The first-order chi connectivity index (χ1) is 6.69. The highest BCUT2D eigenvalue weighted by Gasteiger charge is 2.25. The van der Waals surface area contributed by atoms with Crippen molar-refractivity contribution < 1.29 is 0 Å². The van der Waals surface area contributed by atoms with Crippen LogP contribution in [0, 0.1) is 17.8 Å². The van der Waals surface area contributed by atoms with E-state index in [9.17, 15) is 0 Å².